The smallest absolute Gasteiger partial charge is 0.267 e. The van der Waals surface area contributed by atoms with Crippen LogP contribution < -0.4 is 5.56 Å². The molecule has 0 fully saturated rings. The molecule has 82 valence electrons. The van der Waals surface area contributed by atoms with E-state index in [1.54, 1.807) is 30.6 Å². The Hall–Kier alpha value is -1.68. The molecule has 0 aromatic carbocycles. The van der Waals surface area contributed by atoms with Crippen LogP contribution in [0.25, 0.3) is 0 Å². The molecular weight excluding hydrogens is 226 g/mol. The van der Waals surface area contributed by atoms with Crippen molar-refractivity contribution >= 4 is 11.6 Å². The van der Waals surface area contributed by atoms with Gasteiger partial charge in [-0.05, 0) is 30.2 Å². The molecule has 0 radical (unpaired) electrons. The van der Waals surface area contributed by atoms with Gasteiger partial charge in [-0.25, -0.2) is 9.67 Å². The average molecular weight is 236 g/mol. The van der Waals surface area contributed by atoms with Gasteiger partial charge in [-0.15, -0.1) is 0 Å². The number of pyridine rings is 1. The van der Waals surface area contributed by atoms with E-state index >= 15 is 0 Å². The van der Waals surface area contributed by atoms with E-state index in [2.05, 4.69) is 10.1 Å². The monoisotopic (exact) mass is 235 g/mol. The Balaban J connectivity index is 2.31. The summed E-state index contributed by atoms with van der Waals surface area (Å²) in [5.74, 6) is 0. The third kappa shape index (κ3) is 2.46. The molecule has 0 spiro atoms. The highest BCUT2D eigenvalue weighted by molar-refractivity contribution is 6.29. The minimum atomic E-state index is -0.118. The van der Waals surface area contributed by atoms with E-state index in [1.807, 2.05) is 6.92 Å². The first kappa shape index (κ1) is 10.8. The normalized spacial score (nSPS) is 10.4. The van der Waals surface area contributed by atoms with E-state index < -0.39 is 0 Å². The fourth-order valence-corrected chi connectivity index (χ4v) is 1.55. The highest BCUT2D eigenvalue weighted by Gasteiger charge is 2.00. The van der Waals surface area contributed by atoms with Crippen LogP contribution in [0.4, 0.5) is 0 Å². The Bertz CT molecular complexity index is 565. The summed E-state index contributed by atoms with van der Waals surface area (Å²) in [4.78, 5) is 15.5. The van der Waals surface area contributed by atoms with Gasteiger partial charge in [0.2, 0.25) is 0 Å². The number of aromatic nitrogens is 3. The summed E-state index contributed by atoms with van der Waals surface area (Å²) < 4.78 is 1.39. The molecule has 0 unspecified atom stereocenters. The molecule has 2 heterocycles. The minimum Gasteiger partial charge on any atom is -0.268 e. The van der Waals surface area contributed by atoms with Crippen LogP contribution in [0.5, 0.6) is 0 Å². The van der Waals surface area contributed by atoms with Gasteiger partial charge in [-0.1, -0.05) is 11.6 Å². The molecule has 0 saturated carbocycles. The van der Waals surface area contributed by atoms with Crippen LogP contribution in [0.2, 0.25) is 5.15 Å². The maximum atomic E-state index is 11.6. The first-order valence-electron chi connectivity index (χ1n) is 4.79. The fraction of sp³-hybridized carbons (Fsp3) is 0.182. The average Bonchev–Trinajstić information content (AvgIpc) is 2.22. The molecule has 0 aliphatic carbocycles. The van der Waals surface area contributed by atoms with Crippen molar-refractivity contribution in [1.29, 1.82) is 0 Å². The van der Waals surface area contributed by atoms with Crippen LogP contribution in [0.3, 0.4) is 0 Å². The topological polar surface area (TPSA) is 47.8 Å². The maximum absolute atomic E-state index is 11.6. The molecule has 0 saturated heterocycles. The lowest BCUT2D eigenvalue weighted by Gasteiger charge is -2.04. The van der Waals surface area contributed by atoms with E-state index in [0.29, 0.717) is 11.7 Å². The Morgan fingerprint density at radius 3 is 2.94 bits per heavy atom. The van der Waals surface area contributed by atoms with Crippen molar-refractivity contribution in [2.75, 3.05) is 0 Å². The predicted molar refractivity (Wildman–Crippen MR) is 61.6 cm³/mol. The molecule has 0 bridgehead atoms. The zero-order valence-corrected chi connectivity index (χ0v) is 9.48. The van der Waals surface area contributed by atoms with Crippen molar-refractivity contribution in [2.45, 2.75) is 13.5 Å². The van der Waals surface area contributed by atoms with Crippen molar-refractivity contribution in [3.63, 3.8) is 0 Å². The lowest BCUT2D eigenvalue weighted by Crippen LogP contribution is -2.22. The third-order valence-corrected chi connectivity index (χ3v) is 2.34. The van der Waals surface area contributed by atoms with Crippen LogP contribution in [0, 0.1) is 6.92 Å². The van der Waals surface area contributed by atoms with Crippen LogP contribution in [0.1, 0.15) is 11.1 Å². The predicted octanol–water partition coefficient (Wildman–Crippen LogP) is 1.65. The molecule has 16 heavy (non-hydrogen) atoms. The second kappa shape index (κ2) is 4.45. The Morgan fingerprint density at radius 1 is 1.44 bits per heavy atom. The van der Waals surface area contributed by atoms with Gasteiger partial charge in [0.25, 0.3) is 5.56 Å². The van der Waals surface area contributed by atoms with Crippen LogP contribution in [0.15, 0.2) is 35.4 Å². The second-order valence-electron chi connectivity index (χ2n) is 3.52. The van der Waals surface area contributed by atoms with Crippen LogP contribution in [-0.4, -0.2) is 14.8 Å². The number of aryl methyl sites for hydroxylation is 1. The van der Waals surface area contributed by atoms with E-state index in [9.17, 15) is 4.79 Å². The van der Waals surface area contributed by atoms with Crippen LogP contribution in [-0.2, 0) is 6.54 Å². The lowest BCUT2D eigenvalue weighted by molar-refractivity contribution is 0.635. The van der Waals surface area contributed by atoms with Crippen LogP contribution >= 0.6 is 11.6 Å². The Labute approximate surface area is 97.5 Å². The maximum Gasteiger partial charge on any atom is 0.267 e. The van der Waals surface area contributed by atoms with Gasteiger partial charge in [0.05, 0.1) is 12.7 Å². The number of halogens is 1. The molecule has 2 aromatic rings. The SMILES string of the molecule is Cc1cnn(Cc2ccnc(Cl)c2)c(=O)c1. The highest BCUT2D eigenvalue weighted by Crippen LogP contribution is 2.07. The number of hydrogen-bond donors (Lipinski definition) is 0. The summed E-state index contributed by atoms with van der Waals surface area (Å²) in [6, 6.07) is 5.07. The fourth-order valence-electron chi connectivity index (χ4n) is 1.36. The summed E-state index contributed by atoms with van der Waals surface area (Å²) in [5.41, 5.74) is 1.64. The van der Waals surface area contributed by atoms with Gasteiger partial charge in [-0.3, -0.25) is 4.79 Å². The van der Waals surface area contributed by atoms with E-state index in [0.717, 1.165) is 11.1 Å². The quantitative estimate of drug-likeness (QED) is 0.744. The second-order valence-corrected chi connectivity index (χ2v) is 3.90. The molecule has 0 N–H and O–H groups in total. The molecule has 2 rings (SSSR count). The van der Waals surface area contributed by atoms with Gasteiger partial charge in [0.1, 0.15) is 5.15 Å². The summed E-state index contributed by atoms with van der Waals surface area (Å²) in [6.45, 7) is 2.24. The molecule has 4 nitrogen and oxygen atoms in total. The van der Waals surface area contributed by atoms with E-state index in [4.69, 9.17) is 11.6 Å². The van der Waals surface area contributed by atoms with Crippen molar-refractivity contribution in [2.24, 2.45) is 0 Å². The van der Waals surface area contributed by atoms with Crippen molar-refractivity contribution in [3.05, 3.63) is 57.2 Å². The molecule has 0 atom stereocenters. The molecule has 5 heteroatoms. The van der Waals surface area contributed by atoms with Gasteiger partial charge in [-0.2, -0.15) is 5.10 Å². The van der Waals surface area contributed by atoms with E-state index in [-0.39, 0.29) is 5.56 Å². The summed E-state index contributed by atoms with van der Waals surface area (Å²) in [7, 11) is 0. The molecule has 2 aromatic heterocycles. The first-order valence-corrected chi connectivity index (χ1v) is 5.17. The Morgan fingerprint density at radius 2 is 2.25 bits per heavy atom. The van der Waals surface area contributed by atoms with Crippen molar-refractivity contribution in [1.82, 2.24) is 14.8 Å². The molecule has 0 amide bonds. The van der Waals surface area contributed by atoms with Gasteiger partial charge in [0, 0.05) is 12.3 Å². The third-order valence-electron chi connectivity index (χ3n) is 2.13. The summed E-state index contributed by atoms with van der Waals surface area (Å²) >= 11 is 5.76. The molecule has 0 aliphatic heterocycles. The molecular formula is C11H10ClN3O. The van der Waals surface area contributed by atoms with E-state index in [1.165, 1.54) is 4.68 Å². The zero-order chi connectivity index (χ0) is 11.5. The largest absolute Gasteiger partial charge is 0.268 e. The lowest BCUT2D eigenvalue weighted by atomic mass is 10.3. The summed E-state index contributed by atoms with van der Waals surface area (Å²) in [5, 5.41) is 4.46. The number of hydrogen-bond acceptors (Lipinski definition) is 3. The Kier molecular flexibility index (Phi) is 3.01. The van der Waals surface area contributed by atoms with Gasteiger partial charge in [0.15, 0.2) is 0 Å². The minimum absolute atomic E-state index is 0.118. The molecule has 0 aliphatic rings. The zero-order valence-electron chi connectivity index (χ0n) is 8.72. The highest BCUT2D eigenvalue weighted by atomic mass is 35.5. The summed E-state index contributed by atoms with van der Waals surface area (Å²) in [6.07, 6.45) is 3.26. The standard InChI is InChI=1S/C11H10ClN3O/c1-8-4-11(16)15(14-6-8)7-9-2-3-13-10(12)5-9/h2-6H,7H2,1H3. The number of nitrogens with zero attached hydrogens (tertiary/aromatic N) is 3. The van der Waals surface area contributed by atoms with Crippen molar-refractivity contribution < 1.29 is 0 Å². The van der Waals surface area contributed by atoms with Gasteiger partial charge < -0.3 is 0 Å². The van der Waals surface area contributed by atoms with Crippen molar-refractivity contribution in [3.8, 4) is 0 Å². The first-order chi connectivity index (χ1) is 7.65. The van der Waals surface area contributed by atoms with Gasteiger partial charge >= 0.3 is 0 Å². The number of rotatable bonds is 2.